The third-order valence-corrected chi connectivity index (χ3v) is 4.45. The largest absolute Gasteiger partial charge is 0.442 e. The highest BCUT2D eigenvalue weighted by Gasteiger charge is 2.33. The van der Waals surface area contributed by atoms with Crippen LogP contribution in [-0.4, -0.2) is 61.3 Å². The van der Waals surface area contributed by atoms with Crippen molar-refractivity contribution in [1.82, 2.24) is 10.2 Å². The highest BCUT2D eigenvalue weighted by Crippen LogP contribution is 2.31. The lowest BCUT2D eigenvalue weighted by Crippen LogP contribution is -2.38. The molecule has 4 rings (SSSR count). The van der Waals surface area contributed by atoms with Crippen molar-refractivity contribution in [3.63, 3.8) is 0 Å². The first-order chi connectivity index (χ1) is 14.0. The molecule has 29 heavy (non-hydrogen) atoms. The molecule has 0 aliphatic carbocycles. The summed E-state index contributed by atoms with van der Waals surface area (Å²) in [6.07, 6.45) is 1.86. The van der Waals surface area contributed by atoms with E-state index in [2.05, 4.69) is 15.6 Å². The number of aromatic nitrogens is 1. The van der Waals surface area contributed by atoms with E-state index in [0.29, 0.717) is 12.2 Å². The van der Waals surface area contributed by atoms with Crippen molar-refractivity contribution in [3.8, 4) is 0 Å². The molecule has 2 amide bonds. The molecule has 152 valence electrons. The lowest BCUT2D eigenvalue weighted by Gasteiger charge is -2.27. The zero-order valence-corrected chi connectivity index (χ0v) is 15.0. The van der Waals surface area contributed by atoms with Crippen LogP contribution in [-0.2, 0) is 9.53 Å². The molecule has 10 nitrogen and oxygen atoms in total. The van der Waals surface area contributed by atoms with Crippen molar-refractivity contribution < 1.29 is 27.6 Å². The summed E-state index contributed by atoms with van der Waals surface area (Å²) in [6.45, 7) is 0.743. The molecule has 1 fully saturated rings. The van der Waals surface area contributed by atoms with E-state index < -0.39 is 23.8 Å². The number of cyclic esters (lactones) is 1. The number of hydrogen-bond donors (Lipinski definition) is 1. The Hall–Kier alpha value is -3.70. The number of ether oxygens (including phenoxy) is 1. The smallest absolute Gasteiger partial charge is 0.414 e. The molecule has 2 aliphatic heterocycles. The van der Waals surface area contributed by atoms with E-state index in [1.807, 2.05) is 0 Å². The zero-order valence-electron chi connectivity index (χ0n) is 15.0. The van der Waals surface area contributed by atoms with Crippen LogP contribution in [0.2, 0.25) is 0 Å². The summed E-state index contributed by atoms with van der Waals surface area (Å²) >= 11 is 0. The molecule has 0 bridgehead atoms. The summed E-state index contributed by atoms with van der Waals surface area (Å²) in [5.74, 6) is -1.23. The Balaban J connectivity index is 1.47. The number of nitrogens with zero attached hydrogens (tertiary/aromatic N) is 5. The third-order valence-electron chi connectivity index (χ3n) is 4.45. The molecule has 3 heterocycles. The van der Waals surface area contributed by atoms with Crippen molar-refractivity contribution >= 4 is 36.0 Å². The Morgan fingerprint density at radius 3 is 2.69 bits per heavy atom. The maximum atomic E-state index is 14.6. The van der Waals surface area contributed by atoms with Gasteiger partial charge in [0.25, 0.3) is 0 Å². The maximum Gasteiger partial charge on any atom is 0.414 e. The van der Waals surface area contributed by atoms with E-state index in [0.717, 1.165) is 22.0 Å². The van der Waals surface area contributed by atoms with Gasteiger partial charge in [0.1, 0.15) is 24.4 Å². The van der Waals surface area contributed by atoms with E-state index in [-0.39, 0.29) is 37.6 Å². The summed E-state index contributed by atoms with van der Waals surface area (Å²) in [7, 11) is 0. The van der Waals surface area contributed by atoms with Crippen molar-refractivity contribution in [1.29, 1.82) is 0 Å². The second-order valence-corrected chi connectivity index (χ2v) is 6.33. The van der Waals surface area contributed by atoms with Crippen LogP contribution >= 0.6 is 0 Å². The Kier molecular flexibility index (Phi) is 4.97. The molecule has 2 aromatic rings. The average Bonchev–Trinajstić information content (AvgIpc) is 3.36. The molecule has 1 saturated heterocycles. The van der Waals surface area contributed by atoms with Crippen LogP contribution in [0.25, 0.3) is 0 Å². The van der Waals surface area contributed by atoms with Crippen LogP contribution in [0.3, 0.4) is 0 Å². The Morgan fingerprint density at radius 2 is 2.07 bits per heavy atom. The number of rotatable bonds is 6. The minimum atomic E-state index is -0.858. The number of hydrogen-bond acceptors (Lipinski definition) is 8. The number of amides is 2. The van der Waals surface area contributed by atoms with Crippen LogP contribution in [0, 0.1) is 11.6 Å². The predicted molar refractivity (Wildman–Crippen MR) is 97.6 cm³/mol. The second kappa shape index (κ2) is 7.73. The summed E-state index contributed by atoms with van der Waals surface area (Å²) in [5.41, 5.74) is -0.263. The van der Waals surface area contributed by atoms with Crippen molar-refractivity contribution in [2.75, 3.05) is 41.3 Å². The van der Waals surface area contributed by atoms with Crippen LogP contribution in [0.5, 0.6) is 0 Å². The van der Waals surface area contributed by atoms with Gasteiger partial charge in [0.05, 0.1) is 25.3 Å². The van der Waals surface area contributed by atoms with E-state index in [9.17, 15) is 18.4 Å². The molecular formula is C17H16F2N6O4. The van der Waals surface area contributed by atoms with Crippen LogP contribution in [0.4, 0.5) is 30.8 Å². The molecule has 1 N–H and O–H groups in total. The number of halogens is 2. The van der Waals surface area contributed by atoms with Gasteiger partial charge in [-0.25, -0.2) is 18.6 Å². The molecule has 1 aromatic carbocycles. The van der Waals surface area contributed by atoms with E-state index in [1.165, 1.54) is 17.5 Å². The quantitative estimate of drug-likeness (QED) is 0.727. The van der Waals surface area contributed by atoms with E-state index in [1.54, 1.807) is 6.07 Å². The minimum absolute atomic E-state index is 0.0427. The maximum absolute atomic E-state index is 14.6. The number of carbonyl (C=O) groups excluding carboxylic acids is 2. The van der Waals surface area contributed by atoms with Gasteiger partial charge < -0.3 is 19.5 Å². The van der Waals surface area contributed by atoms with Gasteiger partial charge in [-0.05, 0) is 0 Å². The lowest BCUT2D eigenvalue weighted by molar-refractivity contribution is -0.118. The first-order valence-electron chi connectivity index (χ1n) is 8.69. The van der Waals surface area contributed by atoms with Gasteiger partial charge in [0, 0.05) is 24.7 Å². The molecule has 0 spiro atoms. The Labute approximate surface area is 163 Å². The van der Waals surface area contributed by atoms with Crippen molar-refractivity contribution in [3.05, 3.63) is 36.1 Å². The normalized spacial score (nSPS) is 18.9. The van der Waals surface area contributed by atoms with Crippen LogP contribution < -0.4 is 15.1 Å². The van der Waals surface area contributed by atoms with Gasteiger partial charge in [-0.3, -0.25) is 9.69 Å². The fourth-order valence-corrected chi connectivity index (χ4v) is 3.05. The fraction of sp³-hybridized carbons (Fsp3) is 0.294. The number of hydrazone groups is 1. The minimum Gasteiger partial charge on any atom is -0.442 e. The van der Waals surface area contributed by atoms with Gasteiger partial charge in [-0.1, -0.05) is 5.16 Å². The molecule has 12 heteroatoms. The highest BCUT2D eigenvalue weighted by molar-refractivity contribution is 5.90. The summed E-state index contributed by atoms with van der Waals surface area (Å²) in [4.78, 5) is 25.3. The van der Waals surface area contributed by atoms with Gasteiger partial charge in [-0.2, -0.15) is 5.10 Å². The van der Waals surface area contributed by atoms with E-state index >= 15 is 0 Å². The van der Waals surface area contributed by atoms with Gasteiger partial charge in [0.15, 0.2) is 17.5 Å². The Bertz CT molecular complexity index is 915. The number of benzene rings is 1. The third kappa shape index (κ3) is 3.81. The lowest BCUT2D eigenvalue weighted by atomic mass is 10.2. The average molecular weight is 406 g/mol. The number of nitrogens with one attached hydrogen (secondary N) is 1. The first-order valence-corrected chi connectivity index (χ1v) is 8.69. The molecule has 2 aliphatic rings. The van der Waals surface area contributed by atoms with Crippen LogP contribution in [0.15, 0.2) is 34.1 Å². The molecule has 1 aromatic heterocycles. The first kappa shape index (κ1) is 18.7. The molecule has 1 atom stereocenters. The van der Waals surface area contributed by atoms with Crippen molar-refractivity contribution in [2.45, 2.75) is 6.10 Å². The molecule has 0 saturated carbocycles. The monoisotopic (exact) mass is 406 g/mol. The number of anilines is 3. The summed E-state index contributed by atoms with van der Waals surface area (Å²) in [6, 6.07) is 3.73. The van der Waals surface area contributed by atoms with Gasteiger partial charge in [0.2, 0.25) is 6.41 Å². The summed E-state index contributed by atoms with van der Waals surface area (Å²) < 4.78 is 39.2. The zero-order chi connectivity index (χ0) is 20.4. The van der Waals surface area contributed by atoms with Gasteiger partial charge in [-0.15, -0.1) is 0 Å². The van der Waals surface area contributed by atoms with Crippen molar-refractivity contribution in [2.24, 2.45) is 5.10 Å². The molecule has 0 radical (unpaired) electrons. The predicted octanol–water partition coefficient (Wildman–Crippen LogP) is 1.61. The number of carbonyl (C=O) groups is 2. The topological polar surface area (TPSA) is 104 Å². The fourth-order valence-electron chi connectivity index (χ4n) is 3.05. The standard InChI is InChI=1S/C17H16F2N6O4/c18-13-5-11(6-14(19)16(13)23-2-3-24(10-26)21-9-23)25-8-12(29-17(25)27)7-20-15-1-4-28-22-15/h1,4-6,9-10,12H,2-3,7-8H2,(H,20,22). The molecular weight excluding hydrogens is 390 g/mol. The SMILES string of the molecule is O=CN1CCN(c2c(F)cc(N3CC(CNc4ccon4)OC3=O)cc2F)C=N1. The second-order valence-electron chi connectivity index (χ2n) is 6.33. The Morgan fingerprint density at radius 1 is 1.28 bits per heavy atom. The summed E-state index contributed by atoms with van der Waals surface area (Å²) in [5, 5.41) is 11.5. The highest BCUT2D eigenvalue weighted by atomic mass is 19.1. The molecule has 1 unspecified atom stereocenters. The van der Waals surface area contributed by atoms with E-state index in [4.69, 9.17) is 9.26 Å². The van der Waals surface area contributed by atoms with Crippen LogP contribution in [0.1, 0.15) is 0 Å². The van der Waals surface area contributed by atoms with Gasteiger partial charge >= 0.3 is 6.09 Å².